The summed E-state index contributed by atoms with van der Waals surface area (Å²) in [7, 11) is 0. The normalized spacial score (nSPS) is 23.8. The molecule has 1 aliphatic heterocycles. The topological polar surface area (TPSA) is 26.3 Å². The van der Waals surface area contributed by atoms with Crippen molar-refractivity contribution < 1.29 is 9.53 Å². The van der Waals surface area contributed by atoms with Gasteiger partial charge in [0.05, 0.1) is 6.10 Å². The number of carbonyl (C=O) groups is 1. The van der Waals surface area contributed by atoms with Crippen LogP contribution < -0.4 is 0 Å². The first-order valence-corrected chi connectivity index (χ1v) is 6.99. The van der Waals surface area contributed by atoms with Crippen molar-refractivity contribution in [1.29, 1.82) is 0 Å². The third-order valence-electron chi connectivity index (χ3n) is 3.66. The van der Waals surface area contributed by atoms with Crippen LogP contribution in [-0.2, 0) is 4.74 Å². The first kappa shape index (κ1) is 13.3. The van der Waals surface area contributed by atoms with Crippen molar-refractivity contribution in [1.82, 2.24) is 0 Å². The van der Waals surface area contributed by atoms with Crippen LogP contribution in [0.25, 0.3) is 0 Å². The molecular weight excluding hydrogens is 224 g/mol. The molecule has 18 heavy (non-hydrogen) atoms. The molecule has 0 bridgehead atoms. The van der Waals surface area contributed by atoms with Crippen molar-refractivity contribution in [2.75, 3.05) is 6.61 Å². The summed E-state index contributed by atoms with van der Waals surface area (Å²) in [6, 6.07) is 9.62. The Bertz CT molecular complexity index is 370. The summed E-state index contributed by atoms with van der Waals surface area (Å²) < 4.78 is 5.72. The van der Waals surface area contributed by atoms with E-state index < -0.39 is 0 Å². The van der Waals surface area contributed by atoms with Gasteiger partial charge in [0.15, 0.2) is 5.78 Å². The van der Waals surface area contributed by atoms with E-state index in [0.717, 1.165) is 37.9 Å². The number of benzene rings is 1. The molecule has 0 amide bonds. The lowest BCUT2D eigenvalue weighted by atomic mass is 9.88. The van der Waals surface area contributed by atoms with E-state index in [1.807, 2.05) is 30.3 Å². The lowest BCUT2D eigenvalue weighted by molar-refractivity contribution is -0.0137. The van der Waals surface area contributed by atoms with E-state index in [1.54, 1.807) is 0 Å². The molecule has 0 radical (unpaired) electrons. The Hall–Kier alpha value is -1.15. The summed E-state index contributed by atoms with van der Waals surface area (Å²) in [4.78, 5) is 12.1. The fourth-order valence-electron chi connectivity index (χ4n) is 2.67. The Kier molecular flexibility index (Phi) is 4.94. The van der Waals surface area contributed by atoms with Crippen LogP contribution in [-0.4, -0.2) is 18.5 Å². The Morgan fingerprint density at radius 2 is 2.11 bits per heavy atom. The molecule has 2 rings (SSSR count). The second kappa shape index (κ2) is 6.69. The molecular formula is C16H22O2. The largest absolute Gasteiger partial charge is 0.378 e. The van der Waals surface area contributed by atoms with Crippen LogP contribution in [0.15, 0.2) is 30.3 Å². The van der Waals surface area contributed by atoms with Crippen LogP contribution >= 0.6 is 0 Å². The van der Waals surface area contributed by atoms with Gasteiger partial charge < -0.3 is 4.74 Å². The Labute approximate surface area is 109 Å². The van der Waals surface area contributed by atoms with Crippen molar-refractivity contribution in [2.45, 2.75) is 45.1 Å². The molecule has 1 saturated heterocycles. The van der Waals surface area contributed by atoms with Gasteiger partial charge in [-0.15, -0.1) is 0 Å². The summed E-state index contributed by atoms with van der Waals surface area (Å²) in [5.41, 5.74) is 0.844. The molecule has 98 valence electrons. The number of ketones is 1. The number of ether oxygens (including phenoxy) is 1. The lowest BCUT2D eigenvalue weighted by Crippen LogP contribution is -2.27. The van der Waals surface area contributed by atoms with Gasteiger partial charge >= 0.3 is 0 Å². The van der Waals surface area contributed by atoms with Gasteiger partial charge in [-0.1, -0.05) is 43.7 Å². The first-order valence-electron chi connectivity index (χ1n) is 6.99. The van der Waals surface area contributed by atoms with Gasteiger partial charge in [0.25, 0.3) is 0 Å². The molecule has 0 N–H and O–H groups in total. The van der Waals surface area contributed by atoms with Crippen LogP contribution in [0, 0.1) is 5.92 Å². The van der Waals surface area contributed by atoms with Crippen molar-refractivity contribution in [2.24, 2.45) is 5.92 Å². The first-order chi connectivity index (χ1) is 8.79. The number of hydrogen-bond acceptors (Lipinski definition) is 2. The predicted molar refractivity (Wildman–Crippen MR) is 72.8 cm³/mol. The number of Topliss-reactive ketones (excluding diaryl/α,β-unsaturated/α-hetero) is 1. The maximum absolute atomic E-state index is 12.1. The van der Waals surface area contributed by atoms with Gasteiger partial charge in [-0.3, -0.25) is 4.79 Å². The zero-order valence-electron chi connectivity index (χ0n) is 11.1. The molecule has 1 aliphatic rings. The highest BCUT2D eigenvalue weighted by Crippen LogP contribution is 2.26. The van der Waals surface area contributed by atoms with Crippen molar-refractivity contribution in [3.63, 3.8) is 0 Å². The summed E-state index contributed by atoms with van der Waals surface area (Å²) >= 11 is 0. The minimum atomic E-state index is 0.276. The second-order valence-electron chi connectivity index (χ2n) is 5.17. The standard InChI is InChI=1S/C16H22O2/c1-2-6-15-11-13(9-10-18-15)12-16(17)14-7-4-3-5-8-14/h3-5,7-8,13,15H,2,6,9-12H2,1H3/t13-,15-/m0/s1. The van der Waals surface area contributed by atoms with Gasteiger partial charge in [0.2, 0.25) is 0 Å². The molecule has 0 unspecified atom stereocenters. The summed E-state index contributed by atoms with van der Waals surface area (Å²) in [5.74, 6) is 0.778. The Morgan fingerprint density at radius 1 is 1.33 bits per heavy atom. The maximum Gasteiger partial charge on any atom is 0.163 e. The zero-order valence-corrected chi connectivity index (χ0v) is 11.1. The third-order valence-corrected chi connectivity index (χ3v) is 3.66. The smallest absolute Gasteiger partial charge is 0.163 e. The summed E-state index contributed by atoms with van der Waals surface area (Å²) in [6.45, 7) is 3.00. The van der Waals surface area contributed by atoms with Gasteiger partial charge in [-0.05, 0) is 25.2 Å². The second-order valence-corrected chi connectivity index (χ2v) is 5.17. The molecule has 0 spiro atoms. The van der Waals surface area contributed by atoms with Gasteiger partial charge in [0.1, 0.15) is 0 Å². The fourth-order valence-corrected chi connectivity index (χ4v) is 2.67. The van der Waals surface area contributed by atoms with E-state index in [0.29, 0.717) is 18.4 Å². The summed E-state index contributed by atoms with van der Waals surface area (Å²) in [5, 5.41) is 0. The van der Waals surface area contributed by atoms with E-state index in [-0.39, 0.29) is 5.78 Å². The summed E-state index contributed by atoms with van der Waals surface area (Å²) in [6.07, 6.45) is 5.40. The molecule has 2 nitrogen and oxygen atoms in total. The Morgan fingerprint density at radius 3 is 2.83 bits per heavy atom. The number of rotatable bonds is 5. The molecule has 2 heteroatoms. The maximum atomic E-state index is 12.1. The van der Waals surface area contributed by atoms with Crippen LogP contribution in [0.4, 0.5) is 0 Å². The average molecular weight is 246 g/mol. The average Bonchev–Trinajstić information content (AvgIpc) is 2.40. The molecule has 1 aromatic carbocycles. The van der Waals surface area contributed by atoms with Crippen LogP contribution in [0.3, 0.4) is 0 Å². The molecule has 1 aromatic rings. The highest BCUT2D eigenvalue weighted by atomic mass is 16.5. The van der Waals surface area contributed by atoms with E-state index in [2.05, 4.69) is 6.92 Å². The highest BCUT2D eigenvalue weighted by Gasteiger charge is 2.24. The van der Waals surface area contributed by atoms with E-state index in [4.69, 9.17) is 4.74 Å². The van der Waals surface area contributed by atoms with E-state index in [1.165, 1.54) is 0 Å². The van der Waals surface area contributed by atoms with Crippen molar-refractivity contribution in [3.05, 3.63) is 35.9 Å². The van der Waals surface area contributed by atoms with Crippen LogP contribution in [0.5, 0.6) is 0 Å². The molecule has 1 fully saturated rings. The molecule has 0 aliphatic carbocycles. The van der Waals surface area contributed by atoms with Crippen LogP contribution in [0.2, 0.25) is 0 Å². The quantitative estimate of drug-likeness (QED) is 0.737. The van der Waals surface area contributed by atoms with Gasteiger partial charge in [-0.2, -0.15) is 0 Å². The molecule has 1 heterocycles. The van der Waals surface area contributed by atoms with E-state index >= 15 is 0 Å². The highest BCUT2D eigenvalue weighted by molar-refractivity contribution is 5.96. The van der Waals surface area contributed by atoms with Crippen molar-refractivity contribution in [3.8, 4) is 0 Å². The zero-order chi connectivity index (χ0) is 12.8. The van der Waals surface area contributed by atoms with Gasteiger partial charge in [0, 0.05) is 18.6 Å². The minimum Gasteiger partial charge on any atom is -0.378 e. The van der Waals surface area contributed by atoms with E-state index in [9.17, 15) is 4.79 Å². The third kappa shape index (κ3) is 3.67. The minimum absolute atomic E-state index is 0.276. The predicted octanol–water partition coefficient (Wildman–Crippen LogP) is 3.85. The molecule has 0 saturated carbocycles. The molecule has 0 aromatic heterocycles. The SMILES string of the molecule is CCC[C@H]1C[C@@H](CC(=O)c2ccccc2)CCO1. The fraction of sp³-hybridized carbons (Fsp3) is 0.562. The van der Waals surface area contributed by atoms with Gasteiger partial charge in [-0.25, -0.2) is 0 Å². The number of carbonyl (C=O) groups excluding carboxylic acids is 1. The monoisotopic (exact) mass is 246 g/mol. The number of hydrogen-bond donors (Lipinski definition) is 0. The Balaban J connectivity index is 1.87. The molecule has 2 atom stereocenters. The van der Waals surface area contributed by atoms with Crippen molar-refractivity contribution >= 4 is 5.78 Å². The van der Waals surface area contributed by atoms with Crippen LogP contribution in [0.1, 0.15) is 49.4 Å². The lowest BCUT2D eigenvalue weighted by Gasteiger charge is -2.29.